The Bertz CT molecular complexity index is 3730. The van der Waals surface area contributed by atoms with Gasteiger partial charge in [0.1, 0.15) is 34.5 Å². The number of fused-ring (bicyclic) bond motifs is 6. The van der Waals surface area contributed by atoms with E-state index in [4.69, 9.17) is 27.1 Å². The summed E-state index contributed by atoms with van der Waals surface area (Å²) in [5.41, 5.74) is 16.5. The first-order chi connectivity index (χ1) is 42.1. The van der Waals surface area contributed by atoms with E-state index in [0.29, 0.717) is 59.2 Å². The summed E-state index contributed by atoms with van der Waals surface area (Å²) in [5.74, 6) is 3.23. The van der Waals surface area contributed by atoms with Crippen LogP contribution in [0.15, 0.2) is 72.8 Å². The zero-order valence-electron chi connectivity index (χ0n) is 64.5. The maximum Gasteiger partial charge on any atom is 1.00 e. The molecule has 96 heavy (non-hydrogen) atoms. The molecule has 0 saturated heterocycles. The number of hydrogen-bond donors (Lipinski definition) is 0. The SMILES string of the molecule is CC(C)c1cc2c(c(C(C)C)c1)OP(=O)([O-])Oc1c(cc(C(C)C)cc1C(C)C)C2.CC1c2cc(C(C)(C)C)cc(C(C)(C)C)c2OP(=O)([O-])Oc2c1cc(C(C)(C)C)cc2C(C)(C)C.Cc1cc(C(C)(C)C)cc2c1OP(=O)([O-])Oc1c(C)cc(C(C)(C)C)cc1C2.[Li+].[Li+].[Li+]. The number of benzene rings is 6. The smallest absolute Gasteiger partial charge is 0.736 e. The number of rotatable bonds is 4. The van der Waals surface area contributed by atoms with Crippen LogP contribution in [0, 0.1) is 13.8 Å². The fourth-order valence-electron chi connectivity index (χ4n) is 12.0. The van der Waals surface area contributed by atoms with Gasteiger partial charge in [0.2, 0.25) is 0 Å². The Balaban J connectivity index is 0.000000303. The first kappa shape index (κ1) is 84.9. The molecule has 3 aliphatic rings. The number of phosphoric ester groups is 3. The Labute approximate surface area is 614 Å². The molecule has 510 valence electrons. The molecule has 6 aromatic rings. The van der Waals surface area contributed by atoms with Gasteiger partial charge in [-0.1, -0.05) is 260 Å². The molecule has 0 spiro atoms. The molecule has 0 aromatic heterocycles. The molecule has 3 heterocycles. The van der Waals surface area contributed by atoms with Crippen molar-refractivity contribution >= 4 is 23.5 Å². The van der Waals surface area contributed by atoms with Crippen molar-refractivity contribution in [3.63, 3.8) is 0 Å². The maximum atomic E-state index is 13.4. The molecule has 6 aromatic carbocycles. The number of phosphoric acid groups is 3. The van der Waals surface area contributed by atoms with E-state index in [1.807, 2.05) is 26.0 Å². The molecule has 0 aliphatic carbocycles. The van der Waals surface area contributed by atoms with Crippen LogP contribution < -0.4 is 98.4 Å². The van der Waals surface area contributed by atoms with Gasteiger partial charge in [0.15, 0.2) is 0 Å². The van der Waals surface area contributed by atoms with Crippen molar-refractivity contribution in [2.45, 2.75) is 276 Å². The summed E-state index contributed by atoms with van der Waals surface area (Å²) in [4.78, 5) is 38.9. The van der Waals surface area contributed by atoms with Gasteiger partial charge in [-0.15, -0.1) is 0 Å². The second-order valence-electron chi connectivity index (χ2n) is 33.7. The minimum absolute atomic E-state index is 0. The van der Waals surface area contributed by atoms with Crippen LogP contribution in [0.3, 0.4) is 0 Å². The molecule has 0 amide bonds. The molecule has 0 unspecified atom stereocenters. The van der Waals surface area contributed by atoms with Crippen LogP contribution in [0.1, 0.15) is 317 Å². The summed E-state index contributed by atoms with van der Waals surface area (Å²) in [6.07, 6.45) is 1.13. The Morgan fingerprint density at radius 2 is 0.594 bits per heavy atom. The van der Waals surface area contributed by atoms with E-state index in [1.165, 1.54) is 11.1 Å². The largest absolute Gasteiger partial charge is 1.00 e. The maximum absolute atomic E-state index is 13.4. The van der Waals surface area contributed by atoms with E-state index in [-0.39, 0.29) is 107 Å². The van der Waals surface area contributed by atoms with Crippen LogP contribution in [0.25, 0.3) is 0 Å². The van der Waals surface area contributed by atoms with Gasteiger partial charge in [-0.2, -0.15) is 0 Å². The van der Waals surface area contributed by atoms with E-state index in [0.717, 1.165) is 89.0 Å². The first-order valence-electron chi connectivity index (χ1n) is 33.2. The van der Waals surface area contributed by atoms with Crippen molar-refractivity contribution < 1.29 is 112 Å². The Morgan fingerprint density at radius 1 is 0.344 bits per heavy atom. The van der Waals surface area contributed by atoms with Crippen molar-refractivity contribution in [2.75, 3.05) is 0 Å². The molecule has 12 nitrogen and oxygen atoms in total. The van der Waals surface area contributed by atoms with Gasteiger partial charge in [0, 0.05) is 41.0 Å². The monoisotopic (exact) mass is 1350 g/mol. The summed E-state index contributed by atoms with van der Waals surface area (Å²) in [5, 5.41) is 0. The van der Waals surface area contributed by atoms with Crippen molar-refractivity contribution in [3.05, 3.63) is 173 Å². The molecule has 0 bridgehead atoms. The van der Waals surface area contributed by atoms with Crippen LogP contribution in [-0.2, 0) is 59.0 Å². The van der Waals surface area contributed by atoms with Crippen molar-refractivity contribution in [2.24, 2.45) is 0 Å². The average Bonchev–Trinajstić information content (AvgIpc) is 0.751. The van der Waals surface area contributed by atoms with Crippen LogP contribution >= 0.6 is 23.5 Å². The van der Waals surface area contributed by atoms with Gasteiger partial charge in [-0.3, -0.25) is 0 Å². The van der Waals surface area contributed by atoms with Crippen molar-refractivity contribution in [3.8, 4) is 34.5 Å². The molecular weight excluding hydrogens is 1240 g/mol. The summed E-state index contributed by atoms with van der Waals surface area (Å²) >= 11 is 0. The van der Waals surface area contributed by atoms with E-state index < -0.39 is 23.5 Å². The Hall–Kier alpha value is -3.52. The van der Waals surface area contributed by atoms with Crippen molar-refractivity contribution in [1.29, 1.82) is 0 Å². The minimum Gasteiger partial charge on any atom is -0.736 e. The molecule has 0 fully saturated rings. The second-order valence-corrected chi connectivity index (χ2v) is 37.5. The Morgan fingerprint density at radius 3 is 0.844 bits per heavy atom. The predicted octanol–water partition coefficient (Wildman–Crippen LogP) is 12.0. The zero-order valence-corrected chi connectivity index (χ0v) is 67.2. The van der Waals surface area contributed by atoms with Gasteiger partial charge < -0.3 is 41.8 Å². The van der Waals surface area contributed by atoms with Gasteiger partial charge in [0.05, 0.1) is 0 Å². The molecule has 0 atom stereocenters. The summed E-state index contributed by atoms with van der Waals surface area (Å²) in [7, 11) is -13.8. The number of hydrogen-bond acceptors (Lipinski definition) is 12. The first-order valence-corrected chi connectivity index (χ1v) is 37.6. The molecule has 3 aliphatic heterocycles. The third kappa shape index (κ3) is 20.0. The quantitative estimate of drug-likeness (QED) is 0.121. The Kier molecular flexibility index (Phi) is 26.7. The fraction of sp³-hybridized carbons (Fsp3) is 0.538. The van der Waals surface area contributed by atoms with Gasteiger partial charge in [-0.05, 0) is 148 Å². The van der Waals surface area contributed by atoms with Crippen LogP contribution in [-0.4, -0.2) is 0 Å². The predicted molar refractivity (Wildman–Crippen MR) is 376 cm³/mol. The number of aryl methyl sites for hydroxylation is 2. The standard InChI is InChI=1S/C30H45O4P.C25H35O4P.C23H31O4P.3Li/c1-18-21-14-19(27(2,3)4)16-23(29(8,9)10)25(21)33-35(31,32)34-26-22(18)15-20(28(5,6)7)17-24(26)30(11,12)13;1-14(2)18-9-20-11-21-10-19(15(3)4)13-23(17(7)8)25(21)29-30(26,27)28-24(20)22(12-18)16(5)6;1-14-9-18(22(3,4)5)12-16-11-17-13-19(23(6,7)8)10-15(2)21(17)27-28(24,25)26-20(14)16;;;/h14-18H,1-13H3,(H,31,32);9-10,12-17H,11H2,1-8H3,(H,26,27);9-10,12-13H,11H2,1-8H3,(H,24,25);;;/q;;;3*+1/p-3. The molecule has 0 N–H and O–H groups in total. The van der Waals surface area contributed by atoms with E-state index >= 15 is 0 Å². The van der Waals surface area contributed by atoms with Crippen molar-refractivity contribution in [1.82, 2.24) is 0 Å². The van der Waals surface area contributed by atoms with Crippen LogP contribution in [0.2, 0.25) is 0 Å². The second kappa shape index (κ2) is 30.2. The minimum atomic E-state index is -4.70. The van der Waals surface area contributed by atoms with E-state index in [1.54, 1.807) is 0 Å². The molecule has 0 saturated carbocycles. The normalized spacial score (nSPS) is 17.3. The molecule has 0 radical (unpaired) electrons. The summed E-state index contributed by atoms with van der Waals surface area (Å²) in [6.45, 7) is 61.2. The third-order valence-electron chi connectivity index (χ3n) is 17.9. The fourth-order valence-corrected chi connectivity index (χ4v) is 14.8. The zero-order chi connectivity index (χ0) is 70.4. The van der Waals surface area contributed by atoms with E-state index in [9.17, 15) is 28.4 Å². The van der Waals surface area contributed by atoms with E-state index in [2.05, 4.69) is 248 Å². The topological polar surface area (TPSA) is 176 Å². The molecule has 18 heteroatoms. The average molecular weight is 1350 g/mol. The van der Waals surface area contributed by atoms with Gasteiger partial charge in [0.25, 0.3) is 0 Å². The van der Waals surface area contributed by atoms with Gasteiger partial charge in [-0.25, -0.2) is 13.7 Å². The summed E-state index contributed by atoms with van der Waals surface area (Å²) < 4.78 is 72.5. The third-order valence-corrected chi connectivity index (χ3v) is 20.4. The van der Waals surface area contributed by atoms with Gasteiger partial charge >= 0.3 is 80.0 Å². The molecular formula is C78H108Li3O12P3. The van der Waals surface area contributed by atoms with Crippen LogP contribution in [0.5, 0.6) is 34.5 Å². The summed E-state index contributed by atoms with van der Waals surface area (Å²) in [6, 6.07) is 24.9. The van der Waals surface area contributed by atoms with Crippen LogP contribution in [0.4, 0.5) is 0 Å². The molecule has 9 rings (SSSR count).